The largest absolute Gasteiger partial charge is 0.365 e. The molecule has 0 saturated heterocycles. The Labute approximate surface area is 157 Å². The fraction of sp³-hybridized carbons (Fsp3) is 0.150. The van der Waals surface area contributed by atoms with E-state index in [0.29, 0.717) is 23.1 Å². The summed E-state index contributed by atoms with van der Waals surface area (Å²) in [5.41, 5.74) is 4.21. The molecule has 0 fully saturated rings. The summed E-state index contributed by atoms with van der Waals surface area (Å²) >= 11 is 6.07. The smallest absolute Gasteiger partial charge is 0.275 e. The predicted molar refractivity (Wildman–Crippen MR) is 105 cm³/mol. The Hall–Kier alpha value is -2.92. The van der Waals surface area contributed by atoms with Gasteiger partial charge in [-0.1, -0.05) is 41.9 Å². The number of amides is 1. The summed E-state index contributed by atoms with van der Waals surface area (Å²) in [7, 11) is 0. The maximum absolute atomic E-state index is 12.3. The van der Waals surface area contributed by atoms with Crippen molar-refractivity contribution in [2.75, 3.05) is 10.6 Å². The van der Waals surface area contributed by atoms with Gasteiger partial charge in [-0.15, -0.1) is 0 Å². The van der Waals surface area contributed by atoms with E-state index in [-0.39, 0.29) is 11.6 Å². The zero-order valence-electron chi connectivity index (χ0n) is 14.6. The number of carbonyl (C=O) groups excluding carboxylic acids is 1. The minimum absolute atomic E-state index is 0.239. The van der Waals surface area contributed by atoms with Crippen LogP contribution in [-0.2, 0) is 6.54 Å². The van der Waals surface area contributed by atoms with E-state index in [4.69, 9.17) is 11.6 Å². The molecule has 0 atom stereocenters. The van der Waals surface area contributed by atoms with Gasteiger partial charge in [-0.25, -0.2) is 9.97 Å². The number of rotatable bonds is 5. The molecule has 1 aromatic heterocycles. The van der Waals surface area contributed by atoms with E-state index in [1.54, 1.807) is 18.3 Å². The lowest BCUT2D eigenvalue weighted by Gasteiger charge is -2.09. The van der Waals surface area contributed by atoms with Crippen molar-refractivity contribution in [2.24, 2.45) is 0 Å². The Morgan fingerprint density at radius 2 is 1.85 bits per heavy atom. The first kappa shape index (κ1) is 17.9. The highest BCUT2D eigenvalue weighted by Crippen LogP contribution is 2.20. The summed E-state index contributed by atoms with van der Waals surface area (Å²) in [5.74, 6) is 0.283. The molecule has 3 rings (SSSR count). The number of nitrogens with one attached hydrogen (secondary N) is 2. The summed E-state index contributed by atoms with van der Waals surface area (Å²) in [6, 6.07) is 13.5. The van der Waals surface area contributed by atoms with Gasteiger partial charge < -0.3 is 10.6 Å². The van der Waals surface area contributed by atoms with Gasteiger partial charge in [0.2, 0.25) is 0 Å². The van der Waals surface area contributed by atoms with Crippen LogP contribution in [0.3, 0.4) is 0 Å². The number of aryl methyl sites for hydroxylation is 2. The standard InChI is InChI=1S/C20H19ClN4O/c1-13-5-3-4-6-15(13)10-23-19-12-22-18(11-24-19)20(26)25-16-8-7-14(2)17(21)9-16/h3-9,11-12H,10H2,1-2H3,(H,23,24)(H,25,26). The van der Waals surface area contributed by atoms with Crippen LogP contribution in [0.4, 0.5) is 11.5 Å². The zero-order chi connectivity index (χ0) is 18.5. The fourth-order valence-electron chi connectivity index (χ4n) is 2.40. The van der Waals surface area contributed by atoms with E-state index in [9.17, 15) is 4.79 Å². The Kier molecular flexibility index (Phi) is 5.49. The van der Waals surface area contributed by atoms with Gasteiger partial charge >= 0.3 is 0 Å². The van der Waals surface area contributed by atoms with E-state index in [1.165, 1.54) is 17.3 Å². The summed E-state index contributed by atoms with van der Waals surface area (Å²) in [6.45, 7) is 4.62. The summed E-state index contributed by atoms with van der Waals surface area (Å²) in [6.07, 6.45) is 3.00. The number of carbonyl (C=O) groups is 1. The summed E-state index contributed by atoms with van der Waals surface area (Å²) < 4.78 is 0. The quantitative estimate of drug-likeness (QED) is 0.691. The molecule has 0 aliphatic carbocycles. The molecular formula is C20H19ClN4O. The number of hydrogen-bond acceptors (Lipinski definition) is 4. The minimum atomic E-state index is -0.331. The highest BCUT2D eigenvalue weighted by atomic mass is 35.5. The van der Waals surface area contributed by atoms with Crippen LogP contribution in [0.5, 0.6) is 0 Å². The third-order valence-electron chi connectivity index (χ3n) is 4.04. The molecule has 0 aliphatic rings. The van der Waals surface area contributed by atoms with Crippen molar-refractivity contribution in [3.8, 4) is 0 Å². The van der Waals surface area contributed by atoms with Crippen LogP contribution in [0.1, 0.15) is 27.2 Å². The van der Waals surface area contributed by atoms with Gasteiger partial charge in [0, 0.05) is 17.3 Å². The molecule has 2 aromatic carbocycles. The molecule has 1 amide bonds. The molecule has 3 aromatic rings. The van der Waals surface area contributed by atoms with Gasteiger partial charge in [-0.05, 0) is 42.7 Å². The van der Waals surface area contributed by atoms with Gasteiger partial charge in [0.15, 0.2) is 0 Å². The van der Waals surface area contributed by atoms with Crippen LogP contribution in [0.15, 0.2) is 54.9 Å². The van der Waals surface area contributed by atoms with Crippen LogP contribution in [-0.4, -0.2) is 15.9 Å². The molecular weight excluding hydrogens is 348 g/mol. The summed E-state index contributed by atoms with van der Waals surface area (Å²) in [5, 5.41) is 6.57. The summed E-state index contributed by atoms with van der Waals surface area (Å²) in [4.78, 5) is 20.7. The molecule has 132 valence electrons. The molecule has 5 nitrogen and oxygen atoms in total. The molecule has 0 aliphatic heterocycles. The normalized spacial score (nSPS) is 10.4. The maximum atomic E-state index is 12.3. The Morgan fingerprint density at radius 1 is 1.04 bits per heavy atom. The van der Waals surface area contributed by atoms with Crippen LogP contribution in [0.25, 0.3) is 0 Å². The Morgan fingerprint density at radius 3 is 2.54 bits per heavy atom. The van der Waals surface area contributed by atoms with E-state index >= 15 is 0 Å². The molecule has 0 saturated carbocycles. The van der Waals surface area contributed by atoms with Crippen molar-refractivity contribution >= 4 is 29.0 Å². The van der Waals surface area contributed by atoms with Crippen molar-refractivity contribution in [1.29, 1.82) is 0 Å². The molecule has 1 heterocycles. The SMILES string of the molecule is Cc1ccc(NC(=O)c2cnc(NCc3ccccc3C)cn2)cc1Cl. The second-order valence-corrected chi connectivity index (χ2v) is 6.39. The predicted octanol–water partition coefficient (Wildman–Crippen LogP) is 4.61. The molecule has 26 heavy (non-hydrogen) atoms. The minimum Gasteiger partial charge on any atom is -0.365 e. The first-order valence-corrected chi connectivity index (χ1v) is 8.58. The number of hydrogen-bond donors (Lipinski definition) is 2. The average molecular weight is 367 g/mol. The van der Waals surface area contributed by atoms with E-state index < -0.39 is 0 Å². The lowest BCUT2D eigenvalue weighted by atomic mass is 10.1. The van der Waals surface area contributed by atoms with Gasteiger partial charge in [0.1, 0.15) is 11.5 Å². The molecule has 6 heteroatoms. The molecule has 0 spiro atoms. The zero-order valence-corrected chi connectivity index (χ0v) is 15.3. The number of benzene rings is 2. The van der Waals surface area contributed by atoms with E-state index in [1.807, 2.05) is 25.1 Å². The van der Waals surface area contributed by atoms with Crippen LogP contribution < -0.4 is 10.6 Å². The van der Waals surface area contributed by atoms with Crippen LogP contribution >= 0.6 is 11.6 Å². The maximum Gasteiger partial charge on any atom is 0.275 e. The van der Waals surface area contributed by atoms with Crippen molar-refractivity contribution in [1.82, 2.24) is 9.97 Å². The second-order valence-electron chi connectivity index (χ2n) is 5.99. The first-order valence-electron chi connectivity index (χ1n) is 8.21. The lowest BCUT2D eigenvalue weighted by molar-refractivity contribution is 0.102. The molecule has 2 N–H and O–H groups in total. The molecule has 0 radical (unpaired) electrons. The number of aromatic nitrogens is 2. The number of halogens is 1. The van der Waals surface area contributed by atoms with Gasteiger partial charge in [0.25, 0.3) is 5.91 Å². The van der Waals surface area contributed by atoms with Crippen molar-refractivity contribution < 1.29 is 4.79 Å². The highest BCUT2D eigenvalue weighted by Gasteiger charge is 2.09. The first-order chi connectivity index (χ1) is 12.5. The molecule has 0 bridgehead atoms. The number of anilines is 2. The average Bonchev–Trinajstić information content (AvgIpc) is 2.64. The van der Waals surface area contributed by atoms with Crippen LogP contribution in [0, 0.1) is 13.8 Å². The fourth-order valence-corrected chi connectivity index (χ4v) is 2.58. The third kappa shape index (κ3) is 4.37. The van der Waals surface area contributed by atoms with E-state index in [0.717, 1.165) is 5.56 Å². The van der Waals surface area contributed by atoms with E-state index in [2.05, 4.69) is 39.7 Å². The van der Waals surface area contributed by atoms with Gasteiger partial charge in [-0.3, -0.25) is 4.79 Å². The monoisotopic (exact) mass is 366 g/mol. The van der Waals surface area contributed by atoms with Crippen LogP contribution in [0.2, 0.25) is 5.02 Å². The Bertz CT molecular complexity index is 925. The third-order valence-corrected chi connectivity index (χ3v) is 4.44. The van der Waals surface area contributed by atoms with Crippen molar-refractivity contribution in [3.63, 3.8) is 0 Å². The number of nitrogens with zero attached hydrogens (tertiary/aromatic N) is 2. The second kappa shape index (κ2) is 7.97. The molecule has 0 unspecified atom stereocenters. The topological polar surface area (TPSA) is 66.9 Å². The van der Waals surface area contributed by atoms with Crippen molar-refractivity contribution in [2.45, 2.75) is 20.4 Å². The van der Waals surface area contributed by atoms with Gasteiger partial charge in [-0.2, -0.15) is 0 Å². The van der Waals surface area contributed by atoms with Crippen molar-refractivity contribution in [3.05, 3.63) is 82.3 Å². The lowest BCUT2D eigenvalue weighted by Crippen LogP contribution is -2.14. The van der Waals surface area contributed by atoms with Gasteiger partial charge in [0.05, 0.1) is 12.4 Å². The Balaban J connectivity index is 1.62. The highest BCUT2D eigenvalue weighted by molar-refractivity contribution is 6.31.